The molecule has 0 N–H and O–H groups in total. The Hall–Kier alpha value is -1.50. The van der Waals surface area contributed by atoms with Crippen LogP contribution in [0, 0.1) is 18.3 Å². The van der Waals surface area contributed by atoms with E-state index in [0.29, 0.717) is 11.8 Å². The predicted octanol–water partition coefficient (Wildman–Crippen LogP) is 4.43. The minimum Gasteiger partial charge on any atom is -0.474 e. The van der Waals surface area contributed by atoms with Crippen LogP contribution in [0.2, 0.25) is 0 Å². The Labute approximate surface area is 123 Å². The highest BCUT2D eigenvalue weighted by Gasteiger charge is 2.19. The van der Waals surface area contributed by atoms with Gasteiger partial charge in [0.25, 0.3) is 0 Å². The Morgan fingerprint density at radius 1 is 1.20 bits per heavy atom. The van der Waals surface area contributed by atoms with Gasteiger partial charge in [0, 0.05) is 11.3 Å². The number of unbranched alkanes of at least 4 members (excludes halogenated alkanes) is 1. The molecule has 4 heteroatoms. The third-order valence-corrected chi connectivity index (χ3v) is 2.86. The fourth-order valence-corrected chi connectivity index (χ4v) is 1.73. The van der Waals surface area contributed by atoms with Gasteiger partial charge in [-0.2, -0.15) is 5.26 Å². The lowest BCUT2D eigenvalue weighted by molar-refractivity contribution is 0.227. The molecule has 0 aromatic carbocycles. The summed E-state index contributed by atoms with van der Waals surface area (Å²) in [6.45, 7) is 14.8. The van der Waals surface area contributed by atoms with Crippen molar-refractivity contribution in [1.29, 1.82) is 5.26 Å². The van der Waals surface area contributed by atoms with E-state index in [2.05, 4.69) is 38.9 Å². The van der Waals surface area contributed by atoms with Gasteiger partial charge in [0.2, 0.25) is 5.88 Å². The molecule has 20 heavy (non-hydrogen) atoms. The average molecular weight is 279 g/mol. The quantitative estimate of drug-likeness (QED) is 0.801. The van der Waals surface area contributed by atoms with Crippen molar-refractivity contribution in [2.24, 2.45) is 0 Å². The van der Waals surface area contributed by atoms with Crippen molar-refractivity contribution in [3.05, 3.63) is 11.3 Å². The smallest absolute Gasteiger partial charge is 0.236 e. The summed E-state index contributed by atoms with van der Waals surface area (Å²) in [6, 6.07) is 2.10. The minimum atomic E-state index is 0.0994. The molecule has 1 heterocycles. The summed E-state index contributed by atoms with van der Waals surface area (Å²) < 4.78 is 7.37. The summed E-state index contributed by atoms with van der Waals surface area (Å²) in [5.41, 5.74) is 2.12. The molecule has 0 aliphatic rings. The summed E-state index contributed by atoms with van der Waals surface area (Å²) in [6.07, 6.45) is 2.74. The molecule has 0 unspecified atom stereocenters. The zero-order valence-corrected chi connectivity index (χ0v) is 14.0. The van der Waals surface area contributed by atoms with E-state index >= 15 is 0 Å². The van der Waals surface area contributed by atoms with Crippen LogP contribution in [0.15, 0.2) is 0 Å². The van der Waals surface area contributed by atoms with E-state index in [9.17, 15) is 0 Å². The Bertz CT molecular complexity index is 426. The van der Waals surface area contributed by atoms with Gasteiger partial charge in [0.1, 0.15) is 6.54 Å². The second-order valence-electron chi connectivity index (χ2n) is 5.44. The Balaban J connectivity index is 0.000000796. The normalized spacial score (nSPS) is 10.2. The number of ether oxygens (including phenoxy) is 1. The lowest BCUT2D eigenvalue weighted by Crippen LogP contribution is -2.08. The zero-order chi connectivity index (χ0) is 15.7. The van der Waals surface area contributed by atoms with E-state index in [0.717, 1.165) is 11.3 Å². The SMILES string of the molecule is CCCC.Cc1c(C(C)C)c(OC(C)C)nn1CC#N. The van der Waals surface area contributed by atoms with Gasteiger partial charge < -0.3 is 4.74 Å². The first kappa shape index (κ1) is 18.5. The van der Waals surface area contributed by atoms with Gasteiger partial charge in [-0.25, -0.2) is 0 Å². The van der Waals surface area contributed by atoms with Gasteiger partial charge in [-0.3, -0.25) is 4.68 Å². The van der Waals surface area contributed by atoms with E-state index < -0.39 is 0 Å². The minimum absolute atomic E-state index is 0.0994. The fraction of sp³-hybridized carbons (Fsp3) is 0.750. The molecule has 0 saturated carbocycles. The molecule has 0 aliphatic carbocycles. The van der Waals surface area contributed by atoms with Gasteiger partial charge in [-0.1, -0.05) is 40.5 Å². The molecule has 0 amide bonds. The molecular weight excluding hydrogens is 250 g/mol. The monoisotopic (exact) mass is 279 g/mol. The topological polar surface area (TPSA) is 50.8 Å². The highest BCUT2D eigenvalue weighted by molar-refractivity contribution is 5.34. The third kappa shape index (κ3) is 5.64. The lowest BCUT2D eigenvalue weighted by Gasteiger charge is -2.10. The molecule has 1 aromatic heterocycles. The maximum Gasteiger partial charge on any atom is 0.236 e. The first-order valence-electron chi connectivity index (χ1n) is 7.49. The molecular formula is C16H29N3O. The van der Waals surface area contributed by atoms with Gasteiger partial charge in [-0.15, -0.1) is 5.10 Å². The second-order valence-corrected chi connectivity index (χ2v) is 5.44. The van der Waals surface area contributed by atoms with Crippen LogP contribution >= 0.6 is 0 Å². The van der Waals surface area contributed by atoms with Gasteiger partial charge in [-0.05, 0) is 26.7 Å². The van der Waals surface area contributed by atoms with Crippen LogP contribution < -0.4 is 4.74 Å². The molecule has 0 aliphatic heterocycles. The predicted molar refractivity (Wildman–Crippen MR) is 83.0 cm³/mol. The maximum absolute atomic E-state index is 8.71. The Morgan fingerprint density at radius 3 is 2.10 bits per heavy atom. The Kier molecular flexibility index (Phi) is 8.71. The molecule has 0 atom stereocenters. The molecule has 0 bridgehead atoms. The summed E-state index contributed by atoms with van der Waals surface area (Å²) in [5.74, 6) is 1.01. The number of rotatable bonds is 5. The molecule has 114 valence electrons. The van der Waals surface area contributed by atoms with E-state index in [1.54, 1.807) is 4.68 Å². The van der Waals surface area contributed by atoms with Gasteiger partial charge >= 0.3 is 0 Å². The van der Waals surface area contributed by atoms with Crippen molar-refractivity contribution in [2.45, 2.75) is 79.9 Å². The van der Waals surface area contributed by atoms with Crippen molar-refractivity contribution in [1.82, 2.24) is 9.78 Å². The fourth-order valence-electron chi connectivity index (χ4n) is 1.73. The van der Waals surface area contributed by atoms with E-state index in [-0.39, 0.29) is 12.6 Å². The molecule has 1 aromatic rings. The molecule has 1 rings (SSSR count). The summed E-state index contributed by atoms with van der Waals surface area (Å²) in [4.78, 5) is 0. The zero-order valence-electron chi connectivity index (χ0n) is 14.0. The van der Waals surface area contributed by atoms with Crippen molar-refractivity contribution in [3.8, 4) is 11.9 Å². The summed E-state index contributed by atoms with van der Waals surface area (Å²) in [5, 5.41) is 13.0. The van der Waals surface area contributed by atoms with Crippen LogP contribution in [-0.4, -0.2) is 15.9 Å². The standard InChI is InChI=1S/C12H19N3O.C4H10/c1-8(2)11-10(5)15(7-6-13)14-12(11)16-9(3)4;1-3-4-2/h8-9H,7H2,1-5H3;3-4H2,1-2H3. The van der Waals surface area contributed by atoms with Gasteiger partial charge in [0.05, 0.1) is 12.2 Å². The van der Waals surface area contributed by atoms with Gasteiger partial charge in [0.15, 0.2) is 0 Å². The molecule has 0 spiro atoms. The van der Waals surface area contributed by atoms with Crippen molar-refractivity contribution in [3.63, 3.8) is 0 Å². The number of hydrogen-bond donors (Lipinski definition) is 0. The average Bonchev–Trinajstić information content (AvgIpc) is 2.66. The van der Waals surface area contributed by atoms with Crippen LogP contribution in [0.1, 0.15) is 71.6 Å². The van der Waals surface area contributed by atoms with E-state index in [1.807, 2.05) is 20.8 Å². The van der Waals surface area contributed by atoms with Crippen LogP contribution in [0.4, 0.5) is 0 Å². The molecule has 4 nitrogen and oxygen atoms in total. The van der Waals surface area contributed by atoms with Crippen molar-refractivity contribution < 1.29 is 4.74 Å². The van der Waals surface area contributed by atoms with Crippen molar-refractivity contribution >= 4 is 0 Å². The largest absolute Gasteiger partial charge is 0.474 e. The summed E-state index contributed by atoms with van der Waals surface area (Å²) >= 11 is 0. The van der Waals surface area contributed by atoms with Crippen LogP contribution in [-0.2, 0) is 6.54 Å². The van der Waals surface area contributed by atoms with E-state index in [4.69, 9.17) is 10.00 Å². The third-order valence-electron chi connectivity index (χ3n) is 2.86. The molecule has 0 saturated heterocycles. The Morgan fingerprint density at radius 2 is 1.75 bits per heavy atom. The first-order valence-corrected chi connectivity index (χ1v) is 7.49. The highest BCUT2D eigenvalue weighted by atomic mass is 16.5. The first-order chi connectivity index (χ1) is 9.38. The number of aromatic nitrogens is 2. The lowest BCUT2D eigenvalue weighted by atomic mass is 10.0. The van der Waals surface area contributed by atoms with Crippen LogP contribution in [0.3, 0.4) is 0 Å². The molecule has 0 fully saturated rings. The highest BCUT2D eigenvalue weighted by Crippen LogP contribution is 2.29. The van der Waals surface area contributed by atoms with E-state index in [1.165, 1.54) is 12.8 Å². The molecule has 0 radical (unpaired) electrons. The van der Waals surface area contributed by atoms with Crippen molar-refractivity contribution in [2.75, 3.05) is 0 Å². The number of nitrogens with zero attached hydrogens (tertiary/aromatic N) is 3. The number of hydrogen-bond acceptors (Lipinski definition) is 3. The van der Waals surface area contributed by atoms with Crippen LogP contribution in [0.25, 0.3) is 0 Å². The van der Waals surface area contributed by atoms with Crippen LogP contribution in [0.5, 0.6) is 5.88 Å². The summed E-state index contributed by atoms with van der Waals surface area (Å²) in [7, 11) is 0. The maximum atomic E-state index is 8.71. The second kappa shape index (κ2) is 9.41. The number of nitriles is 1.